The largest absolute Gasteiger partial charge is 0.484 e. The van der Waals surface area contributed by atoms with Gasteiger partial charge in [-0.2, -0.15) is 0 Å². The van der Waals surface area contributed by atoms with Crippen LogP contribution in [0.15, 0.2) is 48.8 Å². The van der Waals surface area contributed by atoms with E-state index >= 15 is 0 Å². The van der Waals surface area contributed by atoms with Gasteiger partial charge in [-0.3, -0.25) is 10.0 Å². The molecule has 3 aromatic rings. The first-order chi connectivity index (χ1) is 12.2. The van der Waals surface area contributed by atoms with Crippen molar-refractivity contribution in [2.45, 2.75) is 0 Å². The lowest BCUT2D eigenvalue weighted by Crippen LogP contribution is -2.25. The van der Waals surface area contributed by atoms with Crippen molar-refractivity contribution in [1.29, 1.82) is 0 Å². The molecular formula is C18H14N4O3. The van der Waals surface area contributed by atoms with Gasteiger partial charge in [0, 0.05) is 16.6 Å². The van der Waals surface area contributed by atoms with E-state index in [2.05, 4.69) is 21.2 Å². The van der Waals surface area contributed by atoms with Crippen LogP contribution in [0.1, 0.15) is 5.56 Å². The molecule has 1 heterocycles. The van der Waals surface area contributed by atoms with Crippen molar-refractivity contribution in [3.8, 4) is 18.1 Å². The van der Waals surface area contributed by atoms with E-state index in [0.717, 1.165) is 16.6 Å². The first kappa shape index (κ1) is 16.2. The van der Waals surface area contributed by atoms with Crippen LogP contribution in [-0.2, 0) is 4.79 Å². The lowest BCUT2D eigenvalue weighted by Gasteiger charge is -2.10. The summed E-state index contributed by atoms with van der Waals surface area (Å²) < 4.78 is 5.33. The Labute approximate surface area is 143 Å². The van der Waals surface area contributed by atoms with Crippen molar-refractivity contribution in [3.63, 3.8) is 0 Å². The van der Waals surface area contributed by atoms with E-state index in [1.54, 1.807) is 18.2 Å². The minimum absolute atomic E-state index is 0.303. The molecule has 3 N–H and O–H groups in total. The number of aromatic nitrogens is 2. The SMILES string of the molecule is C#Cc1cccc(Nc2ncnc3ccc(OCC(=O)NO)cc23)c1. The minimum atomic E-state index is -0.645. The average molecular weight is 334 g/mol. The Morgan fingerprint density at radius 2 is 2.12 bits per heavy atom. The van der Waals surface area contributed by atoms with Crippen molar-refractivity contribution in [2.24, 2.45) is 0 Å². The molecule has 7 heteroatoms. The molecule has 0 bridgehead atoms. The summed E-state index contributed by atoms with van der Waals surface area (Å²) in [6.45, 7) is -0.303. The quantitative estimate of drug-likeness (QED) is 0.376. The number of nitrogens with one attached hydrogen (secondary N) is 2. The number of hydrogen-bond acceptors (Lipinski definition) is 6. The Hall–Kier alpha value is -3.63. The highest BCUT2D eigenvalue weighted by Crippen LogP contribution is 2.27. The normalized spacial score (nSPS) is 10.1. The Kier molecular flexibility index (Phi) is 4.74. The van der Waals surface area contributed by atoms with Gasteiger partial charge in [-0.05, 0) is 36.4 Å². The molecule has 0 aliphatic rings. The Morgan fingerprint density at radius 1 is 1.24 bits per heavy atom. The highest BCUT2D eigenvalue weighted by molar-refractivity contribution is 5.91. The molecule has 0 atom stereocenters. The number of rotatable bonds is 5. The number of amides is 1. The van der Waals surface area contributed by atoms with Crippen molar-refractivity contribution >= 4 is 28.3 Å². The van der Waals surface area contributed by atoms with Gasteiger partial charge < -0.3 is 10.1 Å². The van der Waals surface area contributed by atoms with Gasteiger partial charge in [0.25, 0.3) is 5.91 Å². The second-order valence-electron chi connectivity index (χ2n) is 5.08. The van der Waals surface area contributed by atoms with E-state index in [-0.39, 0.29) is 6.61 Å². The third kappa shape index (κ3) is 3.83. The summed E-state index contributed by atoms with van der Waals surface area (Å²) in [7, 11) is 0. The summed E-state index contributed by atoms with van der Waals surface area (Å²) in [5.41, 5.74) is 3.77. The number of anilines is 2. The highest BCUT2D eigenvalue weighted by atomic mass is 16.5. The number of terminal acetylenes is 1. The zero-order chi connectivity index (χ0) is 17.6. The molecule has 0 spiro atoms. The van der Waals surface area contributed by atoms with Crippen molar-refractivity contribution < 1.29 is 14.7 Å². The molecule has 0 unspecified atom stereocenters. The maximum atomic E-state index is 11.1. The summed E-state index contributed by atoms with van der Waals surface area (Å²) in [5, 5.41) is 12.4. The number of fused-ring (bicyclic) bond motifs is 1. The van der Waals surface area contributed by atoms with Gasteiger partial charge in [-0.25, -0.2) is 15.4 Å². The number of hydroxylamine groups is 1. The van der Waals surface area contributed by atoms with Crippen LogP contribution in [0.5, 0.6) is 5.75 Å². The first-order valence-electron chi connectivity index (χ1n) is 7.34. The molecule has 1 amide bonds. The first-order valence-corrected chi connectivity index (χ1v) is 7.34. The molecule has 0 saturated carbocycles. The second kappa shape index (κ2) is 7.29. The molecule has 3 rings (SSSR count). The summed E-state index contributed by atoms with van der Waals surface area (Å²) >= 11 is 0. The van der Waals surface area contributed by atoms with E-state index in [1.165, 1.54) is 11.8 Å². The van der Waals surface area contributed by atoms with E-state index in [9.17, 15) is 4.79 Å². The molecule has 7 nitrogen and oxygen atoms in total. The number of ether oxygens (including phenoxy) is 1. The van der Waals surface area contributed by atoms with Crippen LogP contribution in [0.25, 0.3) is 10.9 Å². The lowest BCUT2D eigenvalue weighted by atomic mass is 10.2. The third-order valence-corrected chi connectivity index (χ3v) is 3.39. The number of carbonyl (C=O) groups is 1. The van der Waals surface area contributed by atoms with E-state index in [1.807, 2.05) is 24.3 Å². The minimum Gasteiger partial charge on any atom is -0.484 e. The fourth-order valence-electron chi connectivity index (χ4n) is 2.23. The zero-order valence-corrected chi connectivity index (χ0v) is 13.1. The Balaban J connectivity index is 1.91. The maximum Gasteiger partial charge on any atom is 0.281 e. The summed E-state index contributed by atoms with van der Waals surface area (Å²) in [6, 6.07) is 12.5. The molecule has 0 fully saturated rings. The fourth-order valence-corrected chi connectivity index (χ4v) is 2.23. The summed E-state index contributed by atoms with van der Waals surface area (Å²) in [6.07, 6.45) is 6.88. The smallest absolute Gasteiger partial charge is 0.281 e. The van der Waals surface area contributed by atoms with E-state index in [0.29, 0.717) is 17.1 Å². The predicted octanol–water partition coefficient (Wildman–Crippen LogP) is 2.24. The summed E-state index contributed by atoms with van der Waals surface area (Å²) in [5.74, 6) is 2.97. The molecule has 0 aliphatic carbocycles. The average Bonchev–Trinajstić information content (AvgIpc) is 2.66. The number of nitrogens with zero attached hydrogens (tertiary/aromatic N) is 2. The van der Waals surface area contributed by atoms with Crippen LogP contribution in [0, 0.1) is 12.3 Å². The molecule has 0 radical (unpaired) electrons. The van der Waals surface area contributed by atoms with E-state index in [4.69, 9.17) is 16.4 Å². The molecule has 25 heavy (non-hydrogen) atoms. The van der Waals surface area contributed by atoms with Crippen LogP contribution >= 0.6 is 0 Å². The van der Waals surface area contributed by atoms with Crippen LogP contribution in [0.4, 0.5) is 11.5 Å². The molecule has 1 aromatic heterocycles. The standard InChI is InChI=1S/C18H14N4O3/c1-2-12-4-3-5-13(8-12)21-18-15-9-14(25-10-17(23)22-24)6-7-16(15)19-11-20-18/h1,3-9,11,24H,10H2,(H,22,23)(H,19,20,21). The van der Waals surface area contributed by atoms with Gasteiger partial charge in [0.05, 0.1) is 5.52 Å². The lowest BCUT2D eigenvalue weighted by molar-refractivity contribution is -0.131. The van der Waals surface area contributed by atoms with Gasteiger partial charge in [-0.1, -0.05) is 12.0 Å². The highest BCUT2D eigenvalue weighted by Gasteiger charge is 2.08. The van der Waals surface area contributed by atoms with Crippen LogP contribution in [-0.4, -0.2) is 27.7 Å². The number of hydrogen-bond donors (Lipinski definition) is 3. The maximum absolute atomic E-state index is 11.1. The zero-order valence-electron chi connectivity index (χ0n) is 13.1. The second-order valence-corrected chi connectivity index (χ2v) is 5.08. The van der Waals surface area contributed by atoms with Crippen LogP contribution in [0.2, 0.25) is 0 Å². The predicted molar refractivity (Wildman–Crippen MR) is 92.6 cm³/mol. The van der Waals surface area contributed by atoms with Crippen molar-refractivity contribution in [1.82, 2.24) is 15.4 Å². The molecule has 2 aromatic carbocycles. The van der Waals surface area contributed by atoms with Crippen molar-refractivity contribution in [2.75, 3.05) is 11.9 Å². The van der Waals surface area contributed by atoms with Gasteiger partial charge in [-0.15, -0.1) is 6.42 Å². The van der Waals surface area contributed by atoms with Gasteiger partial charge in [0.1, 0.15) is 17.9 Å². The molecular weight excluding hydrogens is 320 g/mol. The molecule has 124 valence electrons. The summed E-state index contributed by atoms with van der Waals surface area (Å²) in [4.78, 5) is 19.6. The molecule has 0 saturated heterocycles. The van der Waals surface area contributed by atoms with Gasteiger partial charge in [0.15, 0.2) is 6.61 Å². The fraction of sp³-hybridized carbons (Fsp3) is 0.0556. The monoisotopic (exact) mass is 334 g/mol. The van der Waals surface area contributed by atoms with Crippen molar-refractivity contribution in [3.05, 3.63) is 54.4 Å². The van der Waals surface area contributed by atoms with Crippen LogP contribution in [0.3, 0.4) is 0 Å². The van der Waals surface area contributed by atoms with Crippen LogP contribution < -0.4 is 15.5 Å². The topological polar surface area (TPSA) is 96.4 Å². The van der Waals surface area contributed by atoms with Gasteiger partial charge >= 0.3 is 0 Å². The molecule has 0 aliphatic heterocycles. The third-order valence-electron chi connectivity index (χ3n) is 3.39. The Bertz CT molecular complexity index is 966. The number of carbonyl (C=O) groups excluding carboxylic acids is 1. The Morgan fingerprint density at radius 3 is 2.92 bits per heavy atom. The van der Waals surface area contributed by atoms with E-state index < -0.39 is 5.91 Å². The number of benzene rings is 2. The van der Waals surface area contributed by atoms with Gasteiger partial charge in [0.2, 0.25) is 0 Å².